The SMILES string of the molecule is COC(=O)C[S-].[Na+]. The van der Waals surface area contributed by atoms with E-state index in [2.05, 4.69) is 17.4 Å². The molecule has 0 heterocycles. The van der Waals surface area contributed by atoms with E-state index in [-0.39, 0.29) is 41.3 Å². The van der Waals surface area contributed by atoms with Crippen LogP contribution in [-0.2, 0) is 22.2 Å². The first-order valence-electron chi connectivity index (χ1n) is 1.46. The molecule has 0 spiro atoms. The molecule has 0 aliphatic carbocycles. The summed E-state index contributed by atoms with van der Waals surface area (Å²) in [6.07, 6.45) is 0. The van der Waals surface area contributed by atoms with Crippen LogP contribution in [-0.4, -0.2) is 18.8 Å². The molecule has 0 aromatic carbocycles. The van der Waals surface area contributed by atoms with Crippen molar-refractivity contribution in [1.82, 2.24) is 0 Å². The Morgan fingerprint density at radius 1 is 1.86 bits per heavy atom. The molecule has 0 atom stereocenters. The Bertz CT molecular complexity index is 50.9. The van der Waals surface area contributed by atoms with Crippen LogP contribution in [0.3, 0.4) is 0 Å². The van der Waals surface area contributed by atoms with Crippen LogP contribution in [0, 0.1) is 0 Å². The van der Waals surface area contributed by atoms with Crippen molar-refractivity contribution in [2.45, 2.75) is 0 Å². The Morgan fingerprint density at radius 2 is 2.29 bits per heavy atom. The first kappa shape index (κ1) is 10.7. The van der Waals surface area contributed by atoms with Crippen molar-refractivity contribution in [3.05, 3.63) is 0 Å². The van der Waals surface area contributed by atoms with Gasteiger partial charge < -0.3 is 17.4 Å². The molecule has 0 aromatic rings. The van der Waals surface area contributed by atoms with Crippen molar-refractivity contribution in [3.63, 3.8) is 0 Å². The minimum absolute atomic E-state index is 0. The number of carbonyl (C=O) groups excluding carboxylic acids is 1. The number of hydrogen-bond donors (Lipinski definition) is 0. The zero-order valence-corrected chi connectivity index (χ0v) is 7.25. The van der Waals surface area contributed by atoms with E-state index in [1.54, 1.807) is 0 Å². The van der Waals surface area contributed by atoms with Crippen molar-refractivity contribution in [3.8, 4) is 0 Å². The van der Waals surface area contributed by atoms with Gasteiger partial charge in [0.05, 0.1) is 7.11 Å². The standard InChI is InChI=1S/C3H6O2S.Na/c1-5-3(4)2-6;/h6H,2H2,1H3;/q;+1/p-1. The van der Waals surface area contributed by atoms with Gasteiger partial charge in [0, 0.05) is 0 Å². The van der Waals surface area contributed by atoms with Crippen molar-refractivity contribution < 1.29 is 39.1 Å². The van der Waals surface area contributed by atoms with Crippen LogP contribution in [0.4, 0.5) is 0 Å². The van der Waals surface area contributed by atoms with Gasteiger partial charge in [-0.25, -0.2) is 0 Å². The Balaban J connectivity index is 0. The molecule has 0 bridgehead atoms. The van der Waals surface area contributed by atoms with Gasteiger partial charge in [0.1, 0.15) is 0 Å². The van der Waals surface area contributed by atoms with Gasteiger partial charge in [-0.2, -0.15) is 0 Å². The Labute approximate surface area is 70.3 Å². The topological polar surface area (TPSA) is 26.3 Å². The van der Waals surface area contributed by atoms with E-state index in [1.807, 2.05) is 0 Å². The fourth-order valence-electron chi connectivity index (χ4n) is 0.0589. The predicted octanol–water partition coefficient (Wildman–Crippen LogP) is -3.29. The van der Waals surface area contributed by atoms with Crippen LogP contribution in [0.1, 0.15) is 0 Å². The van der Waals surface area contributed by atoms with Gasteiger partial charge in [-0.3, -0.25) is 4.79 Å². The second kappa shape index (κ2) is 6.82. The van der Waals surface area contributed by atoms with E-state index in [0.717, 1.165) is 0 Å². The Morgan fingerprint density at radius 3 is 2.29 bits per heavy atom. The van der Waals surface area contributed by atoms with Gasteiger partial charge in [0.2, 0.25) is 0 Å². The van der Waals surface area contributed by atoms with E-state index in [9.17, 15) is 4.79 Å². The molecule has 0 rings (SSSR count). The molecule has 0 fully saturated rings. The van der Waals surface area contributed by atoms with Crippen LogP contribution in [0.25, 0.3) is 0 Å². The van der Waals surface area contributed by atoms with Gasteiger partial charge in [0.15, 0.2) is 0 Å². The zero-order valence-electron chi connectivity index (χ0n) is 4.43. The van der Waals surface area contributed by atoms with Gasteiger partial charge in [-0.1, -0.05) is 5.75 Å². The molecule has 0 unspecified atom stereocenters. The molecular formula is C3H5NaO2S. The first-order chi connectivity index (χ1) is 2.81. The number of ether oxygens (including phenoxy) is 1. The summed E-state index contributed by atoms with van der Waals surface area (Å²) < 4.78 is 4.16. The largest absolute Gasteiger partial charge is 1.00 e. The third kappa shape index (κ3) is 6.82. The Kier molecular flexibility index (Phi) is 10.5. The molecular weight excluding hydrogens is 123 g/mol. The van der Waals surface area contributed by atoms with E-state index >= 15 is 0 Å². The van der Waals surface area contributed by atoms with Crippen LogP contribution >= 0.6 is 0 Å². The van der Waals surface area contributed by atoms with Gasteiger partial charge in [0.25, 0.3) is 5.97 Å². The second-order valence-electron chi connectivity index (χ2n) is 0.720. The molecule has 36 valence electrons. The molecule has 0 radical (unpaired) electrons. The maximum Gasteiger partial charge on any atom is 1.00 e. The molecule has 0 aliphatic heterocycles. The van der Waals surface area contributed by atoms with Gasteiger partial charge >= 0.3 is 29.6 Å². The molecule has 0 saturated carbocycles. The summed E-state index contributed by atoms with van der Waals surface area (Å²) in [5.74, 6) is -0.291. The molecule has 0 N–H and O–H groups in total. The normalized spacial score (nSPS) is 6.57. The van der Waals surface area contributed by atoms with Crippen molar-refractivity contribution in [1.29, 1.82) is 0 Å². The summed E-state index contributed by atoms with van der Waals surface area (Å²) in [5, 5.41) is 0. The van der Waals surface area contributed by atoms with Crippen LogP contribution in [0.15, 0.2) is 0 Å². The third-order valence-corrected chi connectivity index (χ3v) is 0.581. The van der Waals surface area contributed by atoms with E-state index in [1.165, 1.54) is 7.11 Å². The average molecular weight is 128 g/mol. The molecule has 4 heteroatoms. The van der Waals surface area contributed by atoms with E-state index in [0.29, 0.717) is 0 Å². The van der Waals surface area contributed by atoms with Crippen molar-refractivity contribution >= 4 is 18.6 Å². The summed E-state index contributed by atoms with van der Waals surface area (Å²) in [7, 11) is 1.31. The van der Waals surface area contributed by atoms with E-state index < -0.39 is 0 Å². The molecule has 2 nitrogen and oxygen atoms in total. The first-order valence-corrected chi connectivity index (χ1v) is 2.04. The maximum absolute atomic E-state index is 9.85. The summed E-state index contributed by atoms with van der Waals surface area (Å²) in [6.45, 7) is 0. The van der Waals surface area contributed by atoms with Crippen LogP contribution < -0.4 is 29.6 Å². The summed E-state index contributed by atoms with van der Waals surface area (Å²) >= 11 is 4.30. The zero-order chi connectivity index (χ0) is 4.99. The predicted molar refractivity (Wildman–Crippen MR) is 24.2 cm³/mol. The summed E-state index contributed by atoms with van der Waals surface area (Å²) in [6, 6.07) is 0. The maximum atomic E-state index is 9.85. The van der Waals surface area contributed by atoms with E-state index in [4.69, 9.17) is 0 Å². The Hall–Kier alpha value is 0.820. The number of rotatable bonds is 1. The monoisotopic (exact) mass is 128 g/mol. The van der Waals surface area contributed by atoms with Gasteiger partial charge in [-0.05, 0) is 0 Å². The molecule has 7 heavy (non-hydrogen) atoms. The van der Waals surface area contributed by atoms with Gasteiger partial charge in [-0.15, -0.1) is 0 Å². The average Bonchev–Trinajstić information content (AvgIpc) is 1.65. The van der Waals surface area contributed by atoms with Crippen LogP contribution in [0.2, 0.25) is 0 Å². The molecule has 0 aliphatic rings. The third-order valence-electron chi connectivity index (χ3n) is 0.346. The summed E-state index contributed by atoms with van der Waals surface area (Å²) in [4.78, 5) is 9.85. The van der Waals surface area contributed by atoms with Crippen LogP contribution in [0.5, 0.6) is 0 Å². The molecule has 0 aromatic heterocycles. The number of carbonyl (C=O) groups is 1. The smallest absolute Gasteiger partial charge is 0.782 e. The second-order valence-corrected chi connectivity index (χ2v) is 1.01. The minimum atomic E-state index is -0.343. The molecule has 0 amide bonds. The number of hydrogen-bond acceptors (Lipinski definition) is 3. The van der Waals surface area contributed by atoms with Crippen molar-refractivity contribution in [2.24, 2.45) is 0 Å². The number of esters is 1. The summed E-state index contributed by atoms with van der Waals surface area (Å²) in [5.41, 5.74) is 0. The molecule has 0 saturated heterocycles. The fraction of sp³-hybridized carbons (Fsp3) is 0.667. The minimum Gasteiger partial charge on any atom is -0.782 e. The number of methoxy groups -OCH3 is 1. The quantitative estimate of drug-likeness (QED) is 0.210. The fourth-order valence-corrected chi connectivity index (χ4v) is 0.177. The van der Waals surface area contributed by atoms with Crippen molar-refractivity contribution in [2.75, 3.05) is 12.9 Å².